The van der Waals surface area contributed by atoms with Gasteiger partial charge in [0.1, 0.15) is 28.8 Å². The van der Waals surface area contributed by atoms with Gasteiger partial charge in [-0.25, -0.2) is 9.50 Å². The maximum absolute atomic E-state index is 13.6. The van der Waals surface area contributed by atoms with Crippen molar-refractivity contribution in [3.63, 3.8) is 0 Å². The zero-order valence-electron chi connectivity index (χ0n) is 17.9. The van der Waals surface area contributed by atoms with E-state index in [9.17, 15) is 18.4 Å². The monoisotopic (exact) mass is 472 g/mol. The number of anilines is 2. The molecule has 0 saturated heterocycles. The van der Waals surface area contributed by atoms with Crippen LogP contribution in [0.25, 0.3) is 16.9 Å². The molecule has 172 valence electrons. The lowest BCUT2D eigenvalue weighted by atomic mass is 10.1. The quantitative estimate of drug-likeness (QED) is 0.327. The summed E-state index contributed by atoms with van der Waals surface area (Å²) in [5.74, 6) is 1.27. The summed E-state index contributed by atoms with van der Waals surface area (Å²) in [5, 5.41) is 17.1. The predicted molar refractivity (Wildman–Crippen MR) is 122 cm³/mol. The molecule has 0 spiro atoms. The molecule has 10 heteroatoms. The highest BCUT2D eigenvalue weighted by Crippen LogP contribution is 2.34. The zero-order valence-corrected chi connectivity index (χ0v) is 17.9. The van der Waals surface area contributed by atoms with Gasteiger partial charge in [0.15, 0.2) is 11.5 Å². The topological polar surface area (TPSA) is 88.1 Å². The molecule has 3 heterocycles. The minimum atomic E-state index is -4.69. The van der Waals surface area contributed by atoms with Crippen molar-refractivity contribution < 1.29 is 17.9 Å². The summed E-state index contributed by atoms with van der Waals surface area (Å²) in [7, 11) is 0. The summed E-state index contributed by atoms with van der Waals surface area (Å²) in [6, 6.07) is 21.6. The van der Waals surface area contributed by atoms with Crippen molar-refractivity contribution in [2.75, 3.05) is 5.32 Å². The lowest BCUT2D eigenvalue weighted by molar-refractivity contribution is -0.141. The molecular formula is C25H15F3N6O. The van der Waals surface area contributed by atoms with E-state index in [-0.39, 0.29) is 22.7 Å². The van der Waals surface area contributed by atoms with Crippen LogP contribution in [0.15, 0.2) is 85.2 Å². The number of nitriles is 1. The summed E-state index contributed by atoms with van der Waals surface area (Å²) >= 11 is 0. The van der Waals surface area contributed by atoms with E-state index in [0.717, 1.165) is 6.07 Å². The van der Waals surface area contributed by atoms with Crippen LogP contribution in [-0.2, 0) is 6.18 Å². The van der Waals surface area contributed by atoms with Crippen LogP contribution < -0.4 is 10.1 Å². The number of rotatable bonds is 5. The average molecular weight is 472 g/mol. The molecule has 0 bridgehead atoms. The van der Waals surface area contributed by atoms with Crippen molar-refractivity contribution in [1.29, 1.82) is 5.26 Å². The van der Waals surface area contributed by atoms with Crippen molar-refractivity contribution in [3.05, 3.63) is 96.4 Å². The normalized spacial score (nSPS) is 11.3. The lowest BCUT2D eigenvalue weighted by Gasteiger charge is -2.10. The molecule has 0 unspecified atom stereocenters. The fraction of sp³-hybridized carbons (Fsp3) is 0.0400. The first-order chi connectivity index (χ1) is 16.9. The van der Waals surface area contributed by atoms with Gasteiger partial charge in [-0.3, -0.25) is 4.98 Å². The third-order valence-corrected chi connectivity index (χ3v) is 5.06. The Morgan fingerprint density at radius 3 is 2.26 bits per heavy atom. The molecular weight excluding hydrogens is 457 g/mol. The number of nitrogens with one attached hydrogen (secondary N) is 1. The Kier molecular flexibility index (Phi) is 5.51. The molecule has 0 radical (unpaired) electrons. The molecule has 0 saturated carbocycles. The van der Waals surface area contributed by atoms with Crippen molar-refractivity contribution in [2.45, 2.75) is 6.18 Å². The second kappa shape index (κ2) is 8.79. The van der Waals surface area contributed by atoms with Crippen LogP contribution in [0.4, 0.5) is 24.7 Å². The number of hydrogen-bond donors (Lipinski definition) is 1. The third-order valence-electron chi connectivity index (χ3n) is 5.06. The Bertz CT molecular complexity index is 1530. The number of fused-ring (bicyclic) bond motifs is 1. The van der Waals surface area contributed by atoms with Crippen LogP contribution in [0.1, 0.15) is 11.3 Å². The van der Waals surface area contributed by atoms with Crippen LogP contribution in [0.3, 0.4) is 0 Å². The smallest absolute Gasteiger partial charge is 0.433 e. The predicted octanol–water partition coefficient (Wildman–Crippen LogP) is 6.22. The van der Waals surface area contributed by atoms with Gasteiger partial charge >= 0.3 is 6.18 Å². The molecule has 7 nitrogen and oxygen atoms in total. The lowest BCUT2D eigenvalue weighted by Crippen LogP contribution is -2.11. The molecule has 0 amide bonds. The van der Waals surface area contributed by atoms with Crippen molar-refractivity contribution >= 4 is 17.2 Å². The highest BCUT2D eigenvalue weighted by molar-refractivity contribution is 5.75. The van der Waals surface area contributed by atoms with Crippen LogP contribution in [0, 0.1) is 11.3 Å². The SMILES string of the molecule is N#Cc1c(Nc2ccc(Oc3ccncc3)cc2)nn2c(-c3ccccc3)cc(C(F)(F)F)nc12. The van der Waals surface area contributed by atoms with Crippen molar-refractivity contribution in [2.24, 2.45) is 0 Å². The molecule has 0 aliphatic rings. The van der Waals surface area contributed by atoms with Crippen molar-refractivity contribution in [1.82, 2.24) is 19.6 Å². The van der Waals surface area contributed by atoms with Crippen LogP contribution in [-0.4, -0.2) is 19.6 Å². The van der Waals surface area contributed by atoms with E-state index in [2.05, 4.69) is 20.4 Å². The summed E-state index contributed by atoms with van der Waals surface area (Å²) in [6.45, 7) is 0. The van der Waals surface area contributed by atoms with Gasteiger partial charge in [-0.15, -0.1) is 5.10 Å². The first-order valence-corrected chi connectivity index (χ1v) is 10.3. The molecule has 0 fully saturated rings. The van der Waals surface area contributed by atoms with E-state index < -0.39 is 11.9 Å². The minimum absolute atomic E-state index is 0.0827. The van der Waals surface area contributed by atoms with Crippen LogP contribution in [0.2, 0.25) is 0 Å². The first-order valence-electron chi connectivity index (χ1n) is 10.3. The molecule has 0 atom stereocenters. The number of hydrogen-bond acceptors (Lipinski definition) is 6. The second-order valence-corrected chi connectivity index (χ2v) is 7.40. The maximum Gasteiger partial charge on any atom is 0.433 e. The Morgan fingerprint density at radius 2 is 1.60 bits per heavy atom. The van der Waals surface area contributed by atoms with E-state index in [1.165, 1.54) is 4.52 Å². The summed E-state index contributed by atoms with van der Waals surface area (Å²) in [4.78, 5) is 7.65. The molecule has 5 aromatic rings. The van der Waals surface area contributed by atoms with E-state index in [1.54, 1.807) is 79.1 Å². The van der Waals surface area contributed by atoms with Gasteiger partial charge in [0, 0.05) is 23.6 Å². The number of alkyl halides is 3. The van der Waals surface area contributed by atoms with Gasteiger partial charge in [-0.2, -0.15) is 18.4 Å². The maximum atomic E-state index is 13.6. The van der Waals surface area contributed by atoms with E-state index >= 15 is 0 Å². The fourth-order valence-corrected chi connectivity index (χ4v) is 3.45. The van der Waals surface area contributed by atoms with Gasteiger partial charge in [-0.05, 0) is 42.5 Å². The average Bonchev–Trinajstić information content (AvgIpc) is 3.22. The molecule has 0 aliphatic carbocycles. The number of halogens is 3. The first kappa shape index (κ1) is 21.9. The van der Waals surface area contributed by atoms with Crippen LogP contribution in [0.5, 0.6) is 11.5 Å². The minimum Gasteiger partial charge on any atom is -0.457 e. The molecule has 2 aromatic carbocycles. The molecule has 1 N–H and O–H groups in total. The highest BCUT2D eigenvalue weighted by Gasteiger charge is 2.34. The Morgan fingerprint density at radius 1 is 0.914 bits per heavy atom. The summed E-state index contributed by atoms with van der Waals surface area (Å²) in [6.07, 6.45) is -1.47. The second-order valence-electron chi connectivity index (χ2n) is 7.40. The Labute approximate surface area is 197 Å². The van der Waals surface area contributed by atoms with E-state index in [4.69, 9.17) is 4.74 Å². The standard InChI is InChI=1S/C25H15F3N6O/c26-25(27,28)22-14-21(16-4-2-1-3-5-16)34-24(32-22)20(15-29)23(33-34)31-17-6-8-18(9-7-17)35-19-10-12-30-13-11-19/h1-14H,(H,31,33). The number of nitrogens with zero attached hydrogens (tertiary/aromatic N) is 5. The van der Waals surface area contributed by atoms with Gasteiger partial charge in [0.25, 0.3) is 0 Å². The molecule has 5 rings (SSSR count). The summed E-state index contributed by atoms with van der Waals surface area (Å²) in [5.41, 5.74) is -0.185. The van der Waals surface area contributed by atoms with Gasteiger partial charge in [-0.1, -0.05) is 30.3 Å². The highest BCUT2D eigenvalue weighted by atomic mass is 19.4. The van der Waals surface area contributed by atoms with Gasteiger partial charge < -0.3 is 10.1 Å². The molecule has 35 heavy (non-hydrogen) atoms. The van der Waals surface area contributed by atoms with E-state index in [1.807, 2.05) is 6.07 Å². The van der Waals surface area contributed by atoms with Crippen molar-refractivity contribution in [3.8, 4) is 28.8 Å². The van der Waals surface area contributed by atoms with Gasteiger partial charge in [0.05, 0.1) is 5.69 Å². The number of benzene rings is 2. The largest absolute Gasteiger partial charge is 0.457 e. The fourth-order valence-electron chi connectivity index (χ4n) is 3.45. The number of ether oxygens (including phenoxy) is 1. The molecule has 3 aromatic heterocycles. The third kappa shape index (κ3) is 4.47. The number of aromatic nitrogens is 4. The number of pyridine rings is 1. The summed E-state index contributed by atoms with van der Waals surface area (Å²) < 4.78 is 47.7. The Balaban J connectivity index is 1.54. The Hall–Kier alpha value is -4.91. The van der Waals surface area contributed by atoms with E-state index in [0.29, 0.717) is 22.7 Å². The van der Waals surface area contributed by atoms with Crippen LogP contribution >= 0.6 is 0 Å². The zero-order chi connectivity index (χ0) is 24.4. The van der Waals surface area contributed by atoms with Gasteiger partial charge in [0.2, 0.25) is 0 Å². The molecule has 0 aliphatic heterocycles.